The van der Waals surface area contributed by atoms with Crippen LogP contribution in [-0.2, 0) is 6.42 Å². The Morgan fingerprint density at radius 2 is 2.25 bits per heavy atom. The van der Waals surface area contributed by atoms with Crippen molar-refractivity contribution >= 4 is 11.6 Å². The minimum atomic E-state index is 0.190. The predicted octanol–water partition coefficient (Wildman–Crippen LogP) is 1.50. The average molecular weight is 273 g/mol. The van der Waals surface area contributed by atoms with Crippen LogP contribution >= 0.6 is 0 Å². The number of piperazine rings is 1. The molecule has 2 heterocycles. The Morgan fingerprint density at radius 3 is 3.05 bits per heavy atom. The molecule has 1 aromatic carbocycles. The molecule has 1 atom stereocenters. The first-order valence-corrected chi connectivity index (χ1v) is 7.56. The van der Waals surface area contributed by atoms with Gasteiger partial charge in [-0.1, -0.05) is 6.92 Å². The summed E-state index contributed by atoms with van der Waals surface area (Å²) in [7, 11) is 2.11. The molecule has 1 saturated heterocycles. The normalized spacial score (nSPS) is 22.0. The van der Waals surface area contributed by atoms with Crippen LogP contribution in [0.5, 0.6) is 0 Å². The number of hydrogen-bond donors (Lipinski definition) is 1. The van der Waals surface area contributed by atoms with Crippen molar-refractivity contribution in [1.29, 1.82) is 0 Å². The molecular formula is C16H23N3O. The summed E-state index contributed by atoms with van der Waals surface area (Å²) in [4.78, 5) is 17.0. The number of carbonyl (C=O) groups is 1. The first kappa shape index (κ1) is 13.4. The maximum Gasteiger partial charge on any atom is 0.254 e. The summed E-state index contributed by atoms with van der Waals surface area (Å²) in [6.07, 6.45) is 2.05. The number of nitrogens with one attached hydrogen (secondary N) is 1. The molecule has 0 bridgehead atoms. The van der Waals surface area contributed by atoms with Crippen molar-refractivity contribution in [3.8, 4) is 0 Å². The van der Waals surface area contributed by atoms with Crippen LogP contribution in [0.2, 0.25) is 0 Å². The Labute approximate surface area is 120 Å². The van der Waals surface area contributed by atoms with Gasteiger partial charge in [-0.05, 0) is 36.6 Å². The Balaban J connectivity index is 1.83. The lowest BCUT2D eigenvalue weighted by atomic mass is 10.0. The van der Waals surface area contributed by atoms with E-state index in [1.165, 1.54) is 11.3 Å². The molecule has 0 aromatic heterocycles. The summed E-state index contributed by atoms with van der Waals surface area (Å²) in [5, 5.41) is 3.37. The molecule has 2 aliphatic heterocycles. The van der Waals surface area contributed by atoms with Gasteiger partial charge in [0, 0.05) is 50.5 Å². The zero-order valence-corrected chi connectivity index (χ0v) is 12.4. The lowest BCUT2D eigenvalue weighted by Gasteiger charge is -2.35. The molecular weight excluding hydrogens is 250 g/mol. The number of anilines is 1. The summed E-state index contributed by atoms with van der Waals surface area (Å²) in [6, 6.07) is 6.50. The molecule has 4 heteroatoms. The lowest BCUT2D eigenvalue weighted by Crippen LogP contribution is -2.53. The lowest BCUT2D eigenvalue weighted by molar-refractivity contribution is 0.0631. The summed E-state index contributed by atoms with van der Waals surface area (Å²) in [5.41, 5.74) is 3.43. The smallest absolute Gasteiger partial charge is 0.254 e. The first-order valence-electron chi connectivity index (χ1n) is 7.56. The molecule has 0 saturated carbocycles. The Hall–Kier alpha value is -1.55. The molecule has 0 spiro atoms. The molecule has 4 nitrogen and oxygen atoms in total. The highest BCUT2D eigenvalue weighted by Crippen LogP contribution is 2.28. The van der Waals surface area contributed by atoms with Crippen molar-refractivity contribution < 1.29 is 4.79 Å². The fourth-order valence-electron chi connectivity index (χ4n) is 3.26. The highest BCUT2D eigenvalue weighted by atomic mass is 16.2. The van der Waals surface area contributed by atoms with Gasteiger partial charge in [0.25, 0.3) is 5.91 Å². The van der Waals surface area contributed by atoms with Gasteiger partial charge in [-0.3, -0.25) is 4.79 Å². The summed E-state index contributed by atoms with van der Waals surface area (Å²) in [6.45, 7) is 5.83. The second-order valence-corrected chi connectivity index (χ2v) is 5.78. The maximum atomic E-state index is 12.7. The number of carbonyl (C=O) groups excluding carboxylic acids is 1. The van der Waals surface area contributed by atoms with E-state index >= 15 is 0 Å². The van der Waals surface area contributed by atoms with Gasteiger partial charge in [0.05, 0.1) is 0 Å². The van der Waals surface area contributed by atoms with Crippen molar-refractivity contribution in [2.24, 2.45) is 0 Å². The Morgan fingerprint density at radius 1 is 1.40 bits per heavy atom. The van der Waals surface area contributed by atoms with E-state index in [2.05, 4.69) is 36.3 Å². The van der Waals surface area contributed by atoms with Crippen LogP contribution in [0.15, 0.2) is 18.2 Å². The monoisotopic (exact) mass is 273 g/mol. The highest BCUT2D eigenvalue weighted by molar-refractivity contribution is 5.95. The van der Waals surface area contributed by atoms with Gasteiger partial charge in [0.15, 0.2) is 0 Å². The van der Waals surface area contributed by atoms with Crippen LogP contribution in [0.1, 0.15) is 29.3 Å². The van der Waals surface area contributed by atoms with Crippen LogP contribution in [-0.4, -0.2) is 50.1 Å². The number of nitrogens with zero attached hydrogens (tertiary/aromatic N) is 2. The zero-order valence-electron chi connectivity index (χ0n) is 12.4. The van der Waals surface area contributed by atoms with E-state index in [0.29, 0.717) is 6.04 Å². The van der Waals surface area contributed by atoms with Gasteiger partial charge in [-0.2, -0.15) is 0 Å². The predicted molar refractivity (Wildman–Crippen MR) is 81.4 cm³/mol. The number of benzene rings is 1. The third-order valence-electron chi connectivity index (χ3n) is 4.54. The second kappa shape index (κ2) is 5.44. The van der Waals surface area contributed by atoms with Gasteiger partial charge < -0.3 is 15.1 Å². The van der Waals surface area contributed by atoms with Gasteiger partial charge in [-0.15, -0.1) is 0 Å². The van der Waals surface area contributed by atoms with Crippen molar-refractivity contribution in [2.45, 2.75) is 25.8 Å². The molecule has 0 radical (unpaired) electrons. The number of likely N-dealkylation sites (N-methyl/N-ethyl adjacent to an activating group) is 1. The number of rotatable bonds is 2. The van der Waals surface area contributed by atoms with E-state index in [4.69, 9.17) is 0 Å². The van der Waals surface area contributed by atoms with Crippen molar-refractivity contribution in [2.75, 3.05) is 38.1 Å². The zero-order chi connectivity index (χ0) is 14.1. The van der Waals surface area contributed by atoms with E-state index in [0.717, 1.165) is 44.6 Å². The number of fused-ring (bicyclic) bond motifs is 1. The summed E-state index contributed by atoms with van der Waals surface area (Å²) in [5.74, 6) is 0.190. The minimum absolute atomic E-state index is 0.190. The molecule has 0 aliphatic carbocycles. The van der Waals surface area contributed by atoms with Gasteiger partial charge >= 0.3 is 0 Å². The summed E-state index contributed by atoms with van der Waals surface area (Å²) < 4.78 is 0. The fourth-order valence-corrected chi connectivity index (χ4v) is 3.26. The van der Waals surface area contributed by atoms with Crippen molar-refractivity contribution in [3.05, 3.63) is 29.3 Å². The van der Waals surface area contributed by atoms with Crippen molar-refractivity contribution in [3.63, 3.8) is 0 Å². The van der Waals surface area contributed by atoms with Gasteiger partial charge in [-0.25, -0.2) is 0 Å². The van der Waals surface area contributed by atoms with Crippen LogP contribution in [0.25, 0.3) is 0 Å². The quantitative estimate of drug-likeness (QED) is 0.887. The van der Waals surface area contributed by atoms with E-state index in [9.17, 15) is 4.79 Å². The van der Waals surface area contributed by atoms with E-state index in [1.807, 2.05) is 11.0 Å². The molecule has 20 heavy (non-hydrogen) atoms. The highest BCUT2D eigenvalue weighted by Gasteiger charge is 2.27. The standard InChI is InChI=1S/C16H23N3O/c1-3-14-11-17-7-9-19(14)16(20)13-4-5-15-12(10-13)6-8-18(15)2/h4-5,10,14,17H,3,6-9,11H2,1-2H3. The molecule has 1 fully saturated rings. The Kier molecular flexibility index (Phi) is 3.66. The number of amides is 1. The van der Waals surface area contributed by atoms with Crippen molar-refractivity contribution in [1.82, 2.24) is 10.2 Å². The average Bonchev–Trinajstić information content (AvgIpc) is 2.87. The summed E-state index contributed by atoms with van der Waals surface area (Å²) >= 11 is 0. The molecule has 1 aromatic rings. The maximum absolute atomic E-state index is 12.7. The van der Waals surface area contributed by atoms with E-state index < -0.39 is 0 Å². The molecule has 108 valence electrons. The first-order chi connectivity index (χ1) is 9.70. The third kappa shape index (κ3) is 2.29. The molecule has 1 unspecified atom stereocenters. The second-order valence-electron chi connectivity index (χ2n) is 5.78. The topological polar surface area (TPSA) is 35.6 Å². The number of hydrogen-bond acceptors (Lipinski definition) is 3. The molecule has 2 aliphatic rings. The largest absolute Gasteiger partial charge is 0.374 e. The molecule has 1 amide bonds. The van der Waals surface area contributed by atoms with Crippen LogP contribution < -0.4 is 10.2 Å². The third-order valence-corrected chi connectivity index (χ3v) is 4.54. The van der Waals surface area contributed by atoms with Gasteiger partial charge in [0.1, 0.15) is 0 Å². The van der Waals surface area contributed by atoms with E-state index in [1.54, 1.807) is 0 Å². The van der Waals surface area contributed by atoms with E-state index in [-0.39, 0.29) is 5.91 Å². The SMILES string of the molecule is CCC1CNCCN1C(=O)c1ccc2c(c1)CCN2C. The molecule has 3 rings (SSSR count). The van der Waals surface area contributed by atoms with Crippen LogP contribution in [0.3, 0.4) is 0 Å². The minimum Gasteiger partial charge on any atom is -0.374 e. The fraction of sp³-hybridized carbons (Fsp3) is 0.562. The molecule has 1 N–H and O–H groups in total. The van der Waals surface area contributed by atoms with Gasteiger partial charge in [0.2, 0.25) is 0 Å². The van der Waals surface area contributed by atoms with Crippen LogP contribution in [0.4, 0.5) is 5.69 Å². The van der Waals surface area contributed by atoms with Crippen LogP contribution in [0, 0.1) is 0 Å². The Bertz CT molecular complexity index is 514.